The highest BCUT2D eigenvalue weighted by molar-refractivity contribution is 5.97. The number of nitrogens with zero attached hydrogens (tertiary/aromatic N) is 1. The van der Waals surface area contributed by atoms with Gasteiger partial charge in [-0.1, -0.05) is 116 Å². The first-order chi connectivity index (χ1) is 22.8. The van der Waals surface area contributed by atoms with Crippen LogP contribution in [-0.2, 0) is 5.41 Å². The van der Waals surface area contributed by atoms with Gasteiger partial charge in [0.1, 0.15) is 0 Å². The van der Waals surface area contributed by atoms with Crippen LogP contribution in [0.3, 0.4) is 0 Å². The lowest BCUT2D eigenvalue weighted by atomic mass is 9.82. The van der Waals surface area contributed by atoms with Gasteiger partial charge in [-0.05, 0) is 119 Å². The quantitative estimate of drug-likeness (QED) is 0.203. The summed E-state index contributed by atoms with van der Waals surface area (Å²) in [7, 11) is 0. The van der Waals surface area contributed by atoms with Gasteiger partial charge >= 0.3 is 0 Å². The summed E-state index contributed by atoms with van der Waals surface area (Å²) < 4.78 is 0. The lowest BCUT2D eigenvalue weighted by Crippen LogP contribution is -2.16. The van der Waals surface area contributed by atoms with Gasteiger partial charge < -0.3 is 10.2 Å². The summed E-state index contributed by atoms with van der Waals surface area (Å²) in [4.78, 5) is 2.38. The first-order valence-corrected chi connectivity index (χ1v) is 16.4. The van der Waals surface area contributed by atoms with Crippen molar-refractivity contribution in [3.63, 3.8) is 0 Å². The maximum atomic E-state index is 3.62. The Morgan fingerprint density at radius 2 is 1.02 bits per heavy atom. The molecule has 0 amide bonds. The third kappa shape index (κ3) is 5.16. The third-order valence-electron chi connectivity index (χ3n) is 9.78. The molecular formula is C45H38N2. The zero-order valence-electron chi connectivity index (χ0n) is 27.4. The van der Waals surface area contributed by atoms with Crippen LogP contribution in [0.2, 0.25) is 0 Å². The minimum absolute atomic E-state index is 0.150. The Balaban J connectivity index is 1.18. The van der Waals surface area contributed by atoms with Crippen LogP contribution in [-0.4, -0.2) is 0 Å². The van der Waals surface area contributed by atoms with Gasteiger partial charge in [0.15, 0.2) is 0 Å². The van der Waals surface area contributed by atoms with E-state index in [-0.39, 0.29) is 5.41 Å². The van der Waals surface area contributed by atoms with Crippen molar-refractivity contribution in [1.82, 2.24) is 0 Å². The van der Waals surface area contributed by atoms with E-state index in [0.717, 1.165) is 28.4 Å². The molecule has 7 aromatic rings. The molecule has 8 rings (SSSR count). The zero-order valence-corrected chi connectivity index (χ0v) is 27.4. The molecule has 7 aromatic carbocycles. The predicted molar refractivity (Wildman–Crippen MR) is 201 cm³/mol. The van der Waals surface area contributed by atoms with Crippen molar-refractivity contribution in [3.05, 3.63) is 174 Å². The lowest BCUT2D eigenvalue weighted by molar-refractivity contribution is 0.660. The average Bonchev–Trinajstić information content (AvgIpc) is 3.32. The number of nitrogens with one attached hydrogen (secondary N) is 1. The summed E-state index contributed by atoms with van der Waals surface area (Å²) >= 11 is 0. The second kappa shape index (κ2) is 11.3. The fraction of sp³-hybridized carbons (Fsp3) is 0.111. The van der Waals surface area contributed by atoms with Gasteiger partial charge in [-0.15, -0.1) is 0 Å². The van der Waals surface area contributed by atoms with E-state index in [2.05, 4.69) is 190 Å². The Labute approximate surface area is 278 Å². The Bertz CT molecular complexity index is 2240. The molecule has 0 aliphatic heterocycles. The summed E-state index contributed by atoms with van der Waals surface area (Å²) in [5.74, 6) is 0. The Morgan fingerprint density at radius 1 is 0.468 bits per heavy atom. The SMILES string of the molecule is Cc1ccc(Nc2ccc3c(c2)C(C)(C)c2cc(N(c4ccc(C)cc4)c4ccc(-c5cccc6ccccc56)cc4)ccc2-3)cc1. The molecule has 2 heteroatoms. The van der Waals surface area contributed by atoms with Crippen molar-refractivity contribution in [2.75, 3.05) is 10.2 Å². The highest BCUT2D eigenvalue weighted by Crippen LogP contribution is 2.51. The summed E-state index contributed by atoms with van der Waals surface area (Å²) in [5, 5.41) is 6.15. The third-order valence-corrected chi connectivity index (χ3v) is 9.78. The normalized spacial score (nSPS) is 12.9. The highest BCUT2D eigenvalue weighted by Gasteiger charge is 2.36. The Kier molecular flexibility index (Phi) is 6.95. The average molecular weight is 607 g/mol. The first kappa shape index (κ1) is 28.8. The molecule has 0 saturated heterocycles. The highest BCUT2D eigenvalue weighted by atomic mass is 15.1. The van der Waals surface area contributed by atoms with E-state index in [1.165, 1.54) is 55.3 Å². The van der Waals surface area contributed by atoms with Gasteiger partial charge in [0.25, 0.3) is 0 Å². The molecule has 0 unspecified atom stereocenters. The summed E-state index contributed by atoms with van der Waals surface area (Å²) in [5.41, 5.74) is 15.8. The number of anilines is 5. The summed E-state index contributed by atoms with van der Waals surface area (Å²) in [6, 6.07) is 55.4. The summed E-state index contributed by atoms with van der Waals surface area (Å²) in [6.45, 7) is 8.97. The van der Waals surface area contributed by atoms with Crippen molar-refractivity contribution in [1.29, 1.82) is 0 Å². The predicted octanol–water partition coefficient (Wildman–Crippen LogP) is 12.6. The minimum atomic E-state index is -0.150. The number of benzene rings is 7. The van der Waals surface area contributed by atoms with Crippen molar-refractivity contribution in [3.8, 4) is 22.3 Å². The van der Waals surface area contributed by atoms with Gasteiger partial charge in [-0.3, -0.25) is 0 Å². The van der Waals surface area contributed by atoms with Crippen LogP contribution in [0.1, 0.15) is 36.1 Å². The van der Waals surface area contributed by atoms with E-state index >= 15 is 0 Å². The molecule has 0 atom stereocenters. The molecule has 228 valence electrons. The standard InChI is InChI=1S/C45H38N2/c1-30-12-18-34(19-13-30)46-35-20-26-41-42-27-25-38(29-44(42)45(3,4)43(41)28-35)47(36-21-14-31(2)15-22-36)37-23-16-33(17-24-37)40-11-7-9-32-8-5-6-10-39(32)40/h5-29,46H,1-4H3. The van der Waals surface area contributed by atoms with Crippen LogP contribution >= 0.6 is 0 Å². The molecule has 0 aromatic heterocycles. The van der Waals surface area contributed by atoms with Crippen molar-refractivity contribution in [2.45, 2.75) is 33.1 Å². The van der Waals surface area contributed by atoms with E-state index in [1.807, 2.05) is 0 Å². The zero-order chi connectivity index (χ0) is 32.1. The van der Waals surface area contributed by atoms with Gasteiger partial charge in [0.2, 0.25) is 0 Å². The topological polar surface area (TPSA) is 15.3 Å². The molecule has 47 heavy (non-hydrogen) atoms. The number of rotatable bonds is 6. The monoisotopic (exact) mass is 606 g/mol. The van der Waals surface area contributed by atoms with Crippen LogP contribution in [0.25, 0.3) is 33.0 Å². The van der Waals surface area contributed by atoms with Crippen LogP contribution < -0.4 is 10.2 Å². The van der Waals surface area contributed by atoms with Crippen molar-refractivity contribution < 1.29 is 0 Å². The molecule has 0 fully saturated rings. The Morgan fingerprint density at radius 3 is 1.74 bits per heavy atom. The second-order valence-electron chi connectivity index (χ2n) is 13.4. The van der Waals surface area contributed by atoms with E-state index in [9.17, 15) is 0 Å². The van der Waals surface area contributed by atoms with Gasteiger partial charge in [0.05, 0.1) is 0 Å². The van der Waals surface area contributed by atoms with Crippen molar-refractivity contribution in [2.24, 2.45) is 0 Å². The van der Waals surface area contributed by atoms with E-state index in [1.54, 1.807) is 0 Å². The largest absolute Gasteiger partial charge is 0.356 e. The number of fused-ring (bicyclic) bond motifs is 4. The molecule has 1 N–H and O–H groups in total. The summed E-state index contributed by atoms with van der Waals surface area (Å²) in [6.07, 6.45) is 0. The molecule has 0 spiro atoms. The van der Waals surface area contributed by atoms with Crippen LogP contribution in [0.4, 0.5) is 28.4 Å². The number of hydrogen-bond donors (Lipinski definition) is 1. The van der Waals surface area contributed by atoms with Crippen LogP contribution in [0, 0.1) is 13.8 Å². The van der Waals surface area contributed by atoms with Crippen molar-refractivity contribution >= 4 is 39.2 Å². The fourth-order valence-corrected chi connectivity index (χ4v) is 7.15. The van der Waals surface area contributed by atoms with Gasteiger partial charge in [-0.2, -0.15) is 0 Å². The van der Waals surface area contributed by atoms with Crippen LogP contribution in [0.5, 0.6) is 0 Å². The van der Waals surface area contributed by atoms with E-state index in [0.29, 0.717) is 0 Å². The second-order valence-corrected chi connectivity index (χ2v) is 13.4. The molecule has 1 aliphatic carbocycles. The smallest absolute Gasteiger partial charge is 0.0465 e. The molecule has 2 nitrogen and oxygen atoms in total. The minimum Gasteiger partial charge on any atom is -0.356 e. The molecule has 0 bridgehead atoms. The molecular weight excluding hydrogens is 569 g/mol. The van der Waals surface area contributed by atoms with E-state index in [4.69, 9.17) is 0 Å². The number of aryl methyl sites for hydroxylation is 2. The van der Waals surface area contributed by atoms with Gasteiger partial charge in [0, 0.05) is 33.9 Å². The van der Waals surface area contributed by atoms with Gasteiger partial charge in [-0.25, -0.2) is 0 Å². The molecule has 0 radical (unpaired) electrons. The molecule has 0 saturated carbocycles. The molecule has 1 aliphatic rings. The first-order valence-electron chi connectivity index (χ1n) is 16.4. The molecule has 0 heterocycles. The van der Waals surface area contributed by atoms with E-state index < -0.39 is 0 Å². The lowest BCUT2D eigenvalue weighted by Gasteiger charge is -2.28. The maximum Gasteiger partial charge on any atom is 0.0465 e. The fourth-order valence-electron chi connectivity index (χ4n) is 7.15. The number of hydrogen-bond acceptors (Lipinski definition) is 2. The van der Waals surface area contributed by atoms with Crippen LogP contribution in [0.15, 0.2) is 152 Å². The maximum absolute atomic E-state index is 3.62. The Hall–Kier alpha value is -5.60.